The van der Waals surface area contributed by atoms with E-state index in [9.17, 15) is 0 Å². The van der Waals surface area contributed by atoms with Crippen molar-refractivity contribution >= 4 is 55.1 Å². The Labute approximate surface area is 132 Å². The molecule has 5 heteroatoms. The molecule has 0 aliphatic rings. The summed E-state index contributed by atoms with van der Waals surface area (Å²) in [6.45, 7) is 0. The van der Waals surface area contributed by atoms with E-state index in [1.807, 2.05) is 24.3 Å². The molecule has 0 aliphatic heterocycles. The minimum absolute atomic E-state index is 0.510. The summed E-state index contributed by atoms with van der Waals surface area (Å²) in [6.07, 6.45) is 0. The van der Waals surface area contributed by atoms with Crippen molar-refractivity contribution in [1.82, 2.24) is 0 Å². The summed E-state index contributed by atoms with van der Waals surface area (Å²) in [5, 5.41) is 1.78. The van der Waals surface area contributed by atoms with Crippen LogP contribution in [0.4, 0.5) is 0 Å². The van der Waals surface area contributed by atoms with E-state index in [2.05, 4.69) is 31.9 Å². The standard InChI is InChI=1S/C13H8Br2Cl2O/c14-7-8-3-1-2-4-12(8)18-13-6-10(16)9(15)5-11(13)17/h1-6H,7H2. The highest BCUT2D eigenvalue weighted by molar-refractivity contribution is 9.10. The summed E-state index contributed by atoms with van der Waals surface area (Å²) in [5.41, 5.74) is 1.05. The first-order chi connectivity index (χ1) is 8.61. The molecule has 0 atom stereocenters. The largest absolute Gasteiger partial charge is 0.455 e. The summed E-state index contributed by atoms with van der Waals surface area (Å²) in [5.74, 6) is 1.30. The number of alkyl halides is 1. The summed E-state index contributed by atoms with van der Waals surface area (Å²) in [4.78, 5) is 0. The van der Waals surface area contributed by atoms with E-state index >= 15 is 0 Å². The molecule has 2 rings (SSSR count). The lowest BCUT2D eigenvalue weighted by Crippen LogP contribution is -1.90. The molecule has 0 aliphatic carbocycles. The van der Waals surface area contributed by atoms with Gasteiger partial charge in [0.05, 0.1) is 10.0 Å². The van der Waals surface area contributed by atoms with Gasteiger partial charge in [-0.05, 0) is 28.1 Å². The van der Waals surface area contributed by atoms with Gasteiger partial charge in [0.15, 0.2) is 0 Å². The van der Waals surface area contributed by atoms with E-state index in [-0.39, 0.29) is 0 Å². The molecule has 18 heavy (non-hydrogen) atoms. The maximum atomic E-state index is 6.12. The maximum Gasteiger partial charge on any atom is 0.147 e. The first kappa shape index (κ1) is 14.2. The molecular weight excluding hydrogens is 403 g/mol. The van der Waals surface area contributed by atoms with Crippen molar-refractivity contribution in [3.8, 4) is 11.5 Å². The van der Waals surface area contributed by atoms with Gasteiger partial charge in [0.2, 0.25) is 0 Å². The molecule has 0 N–H and O–H groups in total. The van der Waals surface area contributed by atoms with E-state index in [4.69, 9.17) is 27.9 Å². The minimum Gasteiger partial charge on any atom is -0.455 e. The van der Waals surface area contributed by atoms with E-state index < -0.39 is 0 Å². The second-order valence-corrected chi connectivity index (χ2v) is 5.77. The van der Waals surface area contributed by atoms with Crippen LogP contribution in [0.1, 0.15) is 5.56 Å². The zero-order valence-electron chi connectivity index (χ0n) is 9.09. The van der Waals surface area contributed by atoms with Gasteiger partial charge >= 0.3 is 0 Å². The van der Waals surface area contributed by atoms with Crippen molar-refractivity contribution in [1.29, 1.82) is 0 Å². The number of benzene rings is 2. The molecule has 0 amide bonds. The highest BCUT2D eigenvalue weighted by atomic mass is 79.9. The lowest BCUT2D eigenvalue weighted by molar-refractivity contribution is 0.479. The fourth-order valence-electron chi connectivity index (χ4n) is 1.41. The molecule has 1 nitrogen and oxygen atoms in total. The summed E-state index contributed by atoms with van der Waals surface area (Å²) in [6, 6.07) is 11.2. The Kier molecular flexibility index (Phi) is 4.96. The topological polar surface area (TPSA) is 9.23 Å². The molecule has 0 spiro atoms. The summed E-state index contributed by atoms with van der Waals surface area (Å²) >= 11 is 18.9. The smallest absolute Gasteiger partial charge is 0.147 e. The van der Waals surface area contributed by atoms with Crippen LogP contribution in [0.25, 0.3) is 0 Å². The Morgan fingerprint density at radius 1 is 1.00 bits per heavy atom. The van der Waals surface area contributed by atoms with Gasteiger partial charge in [-0.15, -0.1) is 0 Å². The van der Waals surface area contributed by atoms with Crippen LogP contribution in [-0.2, 0) is 5.33 Å². The van der Waals surface area contributed by atoms with Crippen LogP contribution >= 0.6 is 55.1 Å². The number of ether oxygens (including phenoxy) is 1. The lowest BCUT2D eigenvalue weighted by atomic mass is 10.2. The average Bonchev–Trinajstić information content (AvgIpc) is 2.36. The highest BCUT2D eigenvalue weighted by Gasteiger charge is 2.09. The van der Waals surface area contributed by atoms with Gasteiger partial charge < -0.3 is 4.74 Å². The summed E-state index contributed by atoms with van der Waals surface area (Å²) < 4.78 is 6.55. The third-order valence-electron chi connectivity index (χ3n) is 2.31. The maximum absolute atomic E-state index is 6.12. The normalized spacial score (nSPS) is 10.4. The first-order valence-corrected chi connectivity index (χ1v) is 7.75. The zero-order chi connectivity index (χ0) is 13.1. The molecular formula is C13H8Br2Cl2O. The van der Waals surface area contributed by atoms with Gasteiger partial charge in [0.1, 0.15) is 11.5 Å². The SMILES string of the molecule is Clc1cc(Oc2ccccc2CBr)c(Cl)cc1Br. The lowest BCUT2D eigenvalue weighted by Gasteiger charge is -2.11. The molecule has 0 unspecified atom stereocenters. The van der Waals surface area contributed by atoms with Crippen LogP contribution in [-0.4, -0.2) is 0 Å². The average molecular weight is 411 g/mol. The van der Waals surface area contributed by atoms with E-state index in [1.54, 1.807) is 12.1 Å². The Morgan fingerprint density at radius 3 is 2.44 bits per heavy atom. The van der Waals surface area contributed by atoms with Crippen molar-refractivity contribution in [2.45, 2.75) is 5.33 Å². The van der Waals surface area contributed by atoms with Crippen molar-refractivity contribution < 1.29 is 4.74 Å². The predicted molar refractivity (Wildman–Crippen MR) is 83.3 cm³/mol. The fraction of sp³-hybridized carbons (Fsp3) is 0.0769. The molecule has 0 radical (unpaired) electrons. The molecule has 0 heterocycles. The quantitative estimate of drug-likeness (QED) is 0.417. The van der Waals surface area contributed by atoms with Crippen molar-refractivity contribution in [3.63, 3.8) is 0 Å². The molecule has 2 aromatic rings. The second-order valence-electron chi connectivity index (χ2n) is 3.54. The van der Waals surface area contributed by atoms with E-state index in [0.717, 1.165) is 15.8 Å². The molecule has 0 saturated carbocycles. The third kappa shape index (κ3) is 3.21. The fourth-order valence-corrected chi connectivity index (χ4v) is 2.71. The van der Waals surface area contributed by atoms with Gasteiger partial charge in [0.25, 0.3) is 0 Å². The van der Waals surface area contributed by atoms with Crippen LogP contribution in [0.5, 0.6) is 11.5 Å². The Bertz CT molecular complexity index is 573. The number of hydrogen-bond donors (Lipinski definition) is 0. The molecule has 0 bridgehead atoms. The van der Waals surface area contributed by atoms with Crippen LogP contribution in [0, 0.1) is 0 Å². The van der Waals surface area contributed by atoms with Crippen LogP contribution in [0.2, 0.25) is 10.0 Å². The number of para-hydroxylation sites is 1. The number of hydrogen-bond acceptors (Lipinski definition) is 1. The van der Waals surface area contributed by atoms with Gasteiger partial charge in [0, 0.05) is 21.4 Å². The number of halogens is 4. The summed E-state index contributed by atoms with van der Waals surface area (Å²) in [7, 11) is 0. The molecule has 0 saturated heterocycles. The monoisotopic (exact) mass is 408 g/mol. The van der Waals surface area contributed by atoms with Crippen LogP contribution < -0.4 is 4.74 Å². The third-order valence-corrected chi connectivity index (χ3v) is 4.41. The Balaban J connectivity index is 2.37. The van der Waals surface area contributed by atoms with Crippen molar-refractivity contribution in [2.75, 3.05) is 0 Å². The van der Waals surface area contributed by atoms with Crippen molar-refractivity contribution in [3.05, 3.63) is 56.5 Å². The van der Waals surface area contributed by atoms with E-state index in [1.165, 1.54) is 0 Å². The number of rotatable bonds is 3. The minimum atomic E-state index is 0.510. The highest BCUT2D eigenvalue weighted by Crippen LogP contribution is 2.37. The van der Waals surface area contributed by atoms with Gasteiger partial charge in [-0.1, -0.05) is 57.3 Å². The molecule has 2 aromatic carbocycles. The second kappa shape index (κ2) is 6.29. The Morgan fingerprint density at radius 2 is 1.72 bits per heavy atom. The van der Waals surface area contributed by atoms with E-state index in [0.29, 0.717) is 21.1 Å². The van der Waals surface area contributed by atoms with Gasteiger partial charge in [-0.25, -0.2) is 0 Å². The zero-order valence-corrected chi connectivity index (χ0v) is 13.8. The van der Waals surface area contributed by atoms with Crippen molar-refractivity contribution in [2.24, 2.45) is 0 Å². The molecule has 0 aromatic heterocycles. The van der Waals surface area contributed by atoms with Gasteiger partial charge in [-0.2, -0.15) is 0 Å². The first-order valence-electron chi connectivity index (χ1n) is 5.08. The van der Waals surface area contributed by atoms with Crippen LogP contribution in [0.3, 0.4) is 0 Å². The molecule has 94 valence electrons. The predicted octanol–water partition coefficient (Wildman–Crippen LogP) is 6.44. The molecule has 0 fully saturated rings. The van der Waals surface area contributed by atoms with Crippen LogP contribution in [0.15, 0.2) is 40.9 Å². The van der Waals surface area contributed by atoms with Gasteiger partial charge in [-0.3, -0.25) is 0 Å². The Hall–Kier alpha value is -0.220.